The molecule has 2 saturated heterocycles. The lowest BCUT2D eigenvalue weighted by Crippen LogP contribution is -2.48. The van der Waals surface area contributed by atoms with Crippen molar-refractivity contribution in [3.63, 3.8) is 0 Å². The zero-order valence-corrected chi connectivity index (χ0v) is 33.9. The van der Waals surface area contributed by atoms with E-state index in [-0.39, 0.29) is 23.9 Å². The van der Waals surface area contributed by atoms with Gasteiger partial charge in [0.1, 0.15) is 24.7 Å². The van der Waals surface area contributed by atoms with Crippen LogP contribution in [0.4, 0.5) is 0 Å². The number of halogens is 2. The Morgan fingerprint density at radius 3 is 1.48 bits per heavy atom. The summed E-state index contributed by atoms with van der Waals surface area (Å²) >= 11 is 7.40. The number of hydrogen-bond donors (Lipinski definition) is 4. The third-order valence-corrected chi connectivity index (χ3v) is 12.0. The van der Waals surface area contributed by atoms with Gasteiger partial charge < -0.3 is 9.47 Å². The van der Waals surface area contributed by atoms with Gasteiger partial charge >= 0.3 is 0 Å². The number of carbonyl (C=O) groups excluding carboxylic acids is 2. The number of likely N-dealkylation sites (tertiary alicyclic amines) is 2. The highest BCUT2D eigenvalue weighted by atomic mass is 79.9. The third kappa shape index (κ3) is 9.53. The summed E-state index contributed by atoms with van der Waals surface area (Å²) in [7, 11) is 0. The van der Waals surface area contributed by atoms with E-state index in [2.05, 4.69) is 91.9 Å². The van der Waals surface area contributed by atoms with Gasteiger partial charge in [-0.2, -0.15) is 0 Å². The highest BCUT2D eigenvalue weighted by Crippen LogP contribution is 2.34. The van der Waals surface area contributed by atoms with Crippen LogP contribution in [-0.2, 0) is 35.9 Å². The van der Waals surface area contributed by atoms with Crippen LogP contribution in [0, 0.1) is 13.8 Å². The molecule has 0 aromatic heterocycles. The van der Waals surface area contributed by atoms with Crippen molar-refractivity contribution < 1.29 is 29.5 Å². The van der Waals surface area contributed by atoms with Crippen molar-refractivity contribution in [3.05, 3.63) is 115 Å². The van der Waals surface area contributed by atoms with E-state index in [1.165, 1.54) is 0 Å². The van der Waals surface area contributed by atoms with Crippen molar-refractivity contribution in [1.82, 2.24) is 20.8 Å². The van der Waals surface area contributed by atoms with Gasteiger partial charge in [-0.15, -0.1) is 0 Å². The number of amides is 2. The largest absolute Gasteiger partial charge is 0.488 e. The quantitative estimate of drug-likeness (QED) is 0.0782. The first-order valence-corrected chi connectivity index (χ1v) is 20.1. The van der Waals surface area contributed by atoms with E-state index in [1.54, 1.807) is 0 Å². The summed E-state index contributed by atoms with van der Waals surface area (Å²) in [6, 6.07) is 24.0. The molecular weight excluding hydrogens is 816 g/mol. The second-order valence-corrected chi connectivity index (χ2v) is 15.9. The molecule has 286 valence electrons. The summed E-state index contributed by atoms with van der Waals surface area (Å²) in [5, 5.41) is 18.4. The molecule has 0 aliphatic carbocycles. The Morgan fingerprint density at radius 2 is 1.09 bits per heavy atom. The molecule has 2 aliphatic rings. The lowest BCUT2D eigenvalue weighted by atomic mass is 9.92. The van der Waals surface area contributed by atoms with Gasteiger partial charge in [0.2, 0.25) is 0 Å². The maximum absolute atomic E-state index is 12.2. The minimum absolute atomic E-state index is 0.332. The zero-order valence-electron chi connectivity index (χ0n) is 30.7. The zero-order chi connectivity index (χ0) is 38.2. The molecule has 0 radical (unpaired) electrons. The number of rotatable bonds is 13. The summed E-state index contributed by atoms with van der Waals surface area (Å²) in [6.07, 6.45) is 5.46. The Balaban J connectivity index is 1.09. The van der Waals surface area contributed by atoms with Crippen molar-refractivity contribution in [2.75, 3.05) is 13.1 Å². The Kier molecular flexibility index (Phi) is 13.8. The SMILES string of the molecule is Cc1c(COc2ccc(CN3CCCC[C@H]3C(=O)NO)cc2Br)cccc1-c1cccc(COc2ccc(CN3CCCC[C@H]3C(=O)NO)cc2Br)c1C. The van der Waals surface area contributed by atoms with Crippen LogP contribution >= 0.6 is 31.9 Å². The van der Waals surface area contributed by atoms with Gasteiger partial charge in [-0.05, 0) is 153 Å². The first-order valence-electron chi connectivity index (χ1n) is 18.5. The molecule has 4 aromatic carbocycles. The number of carbonyl (C=O) groups is 2. The van der Waals surface area contributed by atoms with Gasteiger partial charge in [0.05, 0.1) is 21.0 Å². The molecule has 4 N–H and O–H groups in total. The highest BCUT2D eigenvalue weighted by Gasteiger charge is 2.30. The molecular formula is C42H48Br2N4O6. The fourth-order valence-corrected chi connectivity index (χ4v) is 8.75. The normalized spacial score (nSPS) is 17.9. The predicted octanol–water partition coefficient (Wildman–Crippen LogP) is 8.37. The van der Waals surface area contributed by atoms with Crippen LogP contribution in [-0.4, -0.2) is 57.2 Å². The highest BCUT2D eigenvalue weighted by molar-refractivity contribution is 9.11. The Morgan fingerprint density at radius 1 is 0.667 bits per heavy atom. The summed E-state index contributed by atoms with van der Waals surface area (Å²) < 4.78 is 14.4. The van der Waals surface area contributed by atoms with Crippen LogP contribution in [0.3, 0.4) is 0 Å². The second-order valence-electron chi connectivity index (χ2n) is 14.2. The summed E-state index contributed by atoms with van der Waals surface area (Å²) in [6.45, 7) is 7.91. The molecule has 0 saturated carbocycles. The van der Waals surface area contributed by atoms with Crippen molar-refractivity contribution in [3.8, 4) is 22.6 Å². The third-order valence-electron chi connectivity index (χ3n) is 10.8. The Labute approximate surface area is 334 Å². The first-order chi connectivity index (χ1) is 26.2. The maximum Gasteiger partial charge on any atom is 0.260 e. The van der Waals surface area contributed by atoms with Gasteiger partial charge in [-0.25, -0.2) is 11.0 Å². The maximum atomic E-state index is 12.2. The Bertz CT molecular complexity index is 1820. The lowest BCUT2D eigenvalue weighted by Gasteiger charge is -2.34. The van der Waals surface area contributed by atoms with Crippen molar-refractivity contribution in [1.29, 1.82) is 0 Å². The number of hydroxylamine groups is 2. The van der Waals surface area contributed by atoms with Crippen LogP contribution in [0.25, 0.3) is 11.1 Å². The topological polar surface area (TPSA) is 124 Å². The lowest BCUT2D eigenvalue weighted by molar-refractivity contribution is -0.137. The summed E-state index contributed by atoms with van der Waals surface area (Å²) in [4.78, 5) is 28.7. The molecule has 2 amide bonds. The molecule has 2 fully saturated rings. The number of nitrogens with one attached hydrogen (secondary N) is 2. The van der Waals surface area contributed by atoms with Crippen LogP contribution in [0.5, 0.6) is 11.5 Å². The van der Waals surface area contributed by atoms with Gasteiger partial charge in [-0.1, -0.05) is 61.4 Å². The molecule has 2 heterocycles. The van der Waals surface area contributed by atoms with E-state index in [9.17, 15) is 20.0 Å². The molecule has 0 spiro atoms. The molecule has 2 atom stereocenters. The van der Waals surface area contributed by atoms with Crippen LogP contribution < -0.4 is 20.4 Å². The van der Waals surface area contributed by atoms with Crippen LogP contribution in [0.15, 0.2) is 81.7 Å². The number of ether oxygens (including phenoxy) is 2. The smallest absolute Gasteiger partial charge is 0.260 e. The van der Waals surface area contributed by atoms with Gasteiger partial charge in [0, 0.05) is 13.1 Å². The van der Waals surface area contributed by atoms with Crippen LogP contribution in [0.2, 0.25) is 0 Å². The summed E-state index contributed by atoms with van der Waals surface area (Å²) in [5.74, 6) is 0.778. The van der Waals surface area contributed by atoms with E-state index < -0.39 is 0 Å². The average Bonchev–Trinajstić information content (AvgIpc) is 3.18. The molecule has 0 unspecified atom stereocenters. The predicted molar refractivity (Wildman–Crippen MR) is 214 cm³/mol. The van der Waals surface area contributed by atoms with E-state index in [0.29, 0.717) is 26.3 Å². The van der Waals surface area contributed by atoms with E-state index >= 15 is 0 Å². The Hall–Kier alpha value is -3.78. The van der Waals surface area contributed by atoms with Crippen LogP contribution in [0.1, 0.15) is 71.9 Å². The molecule has 2 aliphatic heterocycles. The molecule has 6 rings (SSSR count). The van der Waals surface area contributed by atoms with Gasteiger partial charge in [0.25, 0.3) is 11.8 Å². The number of benzene rings is 4. The molecule has 12 heteroatoms. The number of hydrogen-bond acceptors (Lipinski definition) is 8. The minimum Gasteiger partial charge on any atom is -0.488 e. The number of nitrogens with zero attached hydrogens (tertiary/aromatic N) is 2. The molecule has 4 aromatic rings. The fourth-order valence-electron chi connectivity index (χ4n) is 7.67. The van der Waals surface area contributed by atoms with Gasteiger partial charge in [-0.3, -0.25) is 29.8 Å². The molecule has 54 heavy (non-hydrogen) atoms. The van der Waals surface area contributed by atoms with Crippen molar-refractivity contribution >= 4 is 43.7 Å². The van der Waals surface area contributed by atoms with E-state index in [1.807, 2.05) is 47.4 Å². The average molecular weight is 865 g/mol. The molecule has 0 bridgehead atoms. The van der Waals surface area contributed by atoms with Gasteiger partial charge in [0.15, 0.2) is 0 Å². The van der Waals surface area contributed by atoms with Crippen molar-refractivity contribution in [2.45, 2.75) is 90.8 Å². The van der Waals surface area contributed by atoms with E-state index in [0.717, 1.165) is 117 Å². The summed E-state index contributed by atoms with van der Waals surface area (Å²) in [5.41, 5.74) is 12.5. The minimum atomic E-state index is -0.353. The van der Waals surface area contributed by atoms with E-state index in [4.69, 9.17) is 9.47 Å². The fraction of sp³-hybridized carbons (Fsp3) is 0.381. The number of piperidine rings is 2. The molecule has 10 nitrogen and oxygen atoms in total. The van der Waals surface area contributed by atoms with Crippen molar-refractivity contribution in [2.24, 2.45) is 0 Å². The monoisotopic (exact) mass is 862 g/mol. The second kappa shape index (κ2) is 18.7. The first kappa shape index (κ1) is 39.9. The standard InChI is InChI=1S/C42H48Br2N4O6/c1-27-31(25-53-39-17-15-29(21-35(39)43)23-47-19-5-3-13-37(47)41(49)45-51)9-7-11-33(27)34-12-8-10-32(28(34)2)26-54-40-18-16-30(22-36(40)44)24-48-20-6-4-14-38(48)42(50)46-52/h7-12,15-18,21-22,37-38,51-52H,3-6,13-14,19-20,23-26H2,1-2H3,(H,45,49)(H,46,50)/t37-,38-/m0/s1.